The van der Waals surface area contributed by atoms with E-state index in [1.54, 1.807) is 10.9 Å². The first kappa shape index (κ1) is 19.2. The summed E-state index contributed by atoms with van der Waals surface area (Å²) in [6.07, 6.45) is 7.09. The quantitative estimate of drug-likeness (QED) is 0.683. The van der Waals surface area contributed by atoms with Crippen LogP contribution in [0.4, 0.5) is 0 Å². The van der Waals surface area contributed by atoms with Crippen LogP contribution in [0.5, 0.6) is 0 Å². The lowest BCUT2D eigenvalue weighted by atomic mass is 9.91. The van der Waals surface area contributed by atoms with Gasteiger partial charge < -0.3 is 5.11 Å². The summed E-state index contributed by atoms with van der Waals surface area (Å²) in [7, 11) is 1.88. The summed E-state index contributed by atoms with van der Waals surface area (Å²) >= 11 is 0. The number of carbonyl (C=O) groups is 2. The molecule has 1 aliphatic heterocycles. The Morgan fingerprint density at radius 3 is 2.66 bits per heavy atom. The number of rotatable bonds is 6. The van der Waals surface area contributed by atoms with Crippen molar-refractivity contribution in [1.29, 1.82) is 0 Å². The van der Waals surface area contributed by atoms with Gasteiger partial charge in [0.2, 0.25) is 0 Å². The Hall–Kier alpha value is -3.13. The summed E-state index contributed by atoms with van der Waals surface area (Å²) in [5.41, 5.74) is 2.84. The minimum Gasteiger partial charge on any atom is -0.480 e. The molecule has 1 aromatic carbocycles. The number of carboxylic acid groups (broad SMARTS) is 1. The number of fused-ring (bicyclic) bond motifs is 1. The molecule has 0 unspecified atom stereocenters. The fourth-order valence-corrected chi connectivity index (χ4v) is 3.80. The van der Waals surface area contributed by atoms with E-state index in [4.69, 9.17) is 5.11 Å². The molecule has 3 heterocycles. The van der Waals surface area contributed by atoms with Crippen molar-refractivity contribution in [3.8, 4) is 11.1 Å². The lowest BCUT2D eigenvalue weighted by Gasteiger charge is -2.29. The summed E-state index contributed by atoms with van der Waals surface area (Å²) < 4.78 is 1.76. The van der Waals surface area contributed by atoms with Crippen LogP contribution in [0.1, 0.15) is 18.7 Å². The summed E-state index contributed by atoms with van der Waals surface area (Å²) in [4.78, 5) is 34.4. The van der Waals surface area contributed by atoms with Gasteiger partial charge in [0.15, 0.2) is 0 Å². The molecule has 0 saturated carbocycles. The first-order valence-electron chi connectivity index (χ1n) is 9.69. The van der Waals surface area contributed by atoms with Crippen LogP contribution in [0, 0.1) is 5.92 Å². The van der Waals surface area contributed by atoms with E-state index in [0.717, 1.165) is 22.0 Å². The van der Waals surface area contributed by atoms with Gasteiger partial charge in [0, 0.05) is 36.3 Å². The van der Waals surface area contributed by atoms with Gasteiger partial charge in [-0.05, 0) is 37.6 Å². The molecule has 3 aromatic rings. The lowest BCUT2D eigenvalue weighted by molar-refractivity contribution is -0.138. The maximum absolute atomic E-state index is 12.7. The maximum Gasteiger partial charge on any atom is 0.317 e. The van der Waals surface area contributed by atoms with Crippen molar-refractivity contribution in [1.82, 2.24) is 24.6 Å². The summed E-state index contributed by atoms with van der Waals surface area (Å²) in [5, 5.41) is 14.0. The molecule has 150 valence electrons. The Bertz CT molecular complexity index is 1050. The third kappa shape index (κ3) is 4.48. The van der Waals surface area contributed by atoms with Crippen molar-refractivity contribution in [2.75, 3.05) is 19.6 Å². The van der Waals surface area contributed by atoms with Gasteiger partial charge in [0.25, 0.3) is 0 Å². The molecule has 1 saturated heterocycles. The van der Waals surface area contributed by atoms with Gasteiger partial charge in [0.05, 0.1) is 24.7 Å². The lowest BCUT2D eigenvalue weighted by Crippen LogP contribution is -2.39. The third-order valence-electron chi connectivity index (χ3n) is 5.40. The summed E-state index contributed by atoms with van der Waals surface area (Å²) in [5.74, 6) is -0.229. The number of aromatic nitrogens is 4. The number of carboxylic acids is 1. The molecular weight excluding hydrogens is 370 g/mol. The maximum atomic E-state index is 12.7. The molecule has 0 atom stereocenters. The fraction of sp³-hybridized carbons (Fsp3) is 0.381. The number of hydrogen-bond donors (Lipinski definition) is 1. The van der Waals surface area contributed by atoms with Crippen LogP contribution in [0.25, 0.3) is 22.0 Å². The highest BCUT2D eigenvalue weighted by atomic mass is 16.4. The van der Waals surface area contributed by atoms with Crippen LogP contribution in [0.3, 0.4) is 0 Å². The molecule has 0 amide bonds. The van der Waals surface area contributed by atoms with Crippen molar-refractivity contribution in [3.05, 3.63) is 42.6 Å². The molecule has 0 bridgehead atoms. The number of piperidine rings is 1. The number of Topliss-reactive ketones (excluding diaryl/α,β-unsaturated/α-hetero) is 1. The Morgan fingerprint density at radius 1 is 1.17 bits per heavy atom. The van der Waals surface area contributed by atoms with E-state index in [0.29, 0.717) is 31.8 Å². The molecule has 0 spiro atoms. The number of carbonyl (C=O) groups excluding carboxylic acids is 1. The first-order valence-corrected chi connectivity index (χ1v) is 9.69. The number of aryl methyl sites for hydroxylation is 1. The van der Waals surface area contributed by atoms with Crippen molar-refractivity contribution >= 4 is 22.7 Å². The molecule has 1 N–H and O–H groups in total. The van der Waals surface area contributed by atoms with Crippen molar-refractivity contribution in [3.63, 3.8) is 0 Å². The molecule has 1 aliphatic rings. The van der Waals surface area contributed by atoms with Gasteiger partial charge in [-0.15, -0.1) is 0 Å². The van der Waals surface area contributed by atoms with Gasteiger partial charge >= 0.3 is 5.97 Å². The number of ketones is 1. The highest BCUT2D eigenvalue weighted by molar-refractivity contribution is 5.85. The fourth-order valence-electron chi connectivity index (χ4n) is 3.80. The molecule has 0 aliphatic carbocycles. The zero-order chi connectivity index (χ0) is 20.4. The highest BCUT2D eigenvalue weighted by Crippen LogP contribution is 2.23. The van der Waals surface area contributed by atoms with Gasteiger partial charge in [-0.2, -0.15) is 5.10 Å². The van der Waals surface area contributed by atoms with E-state index in [1.165, 1.54) is 0 Å². The Labute approximate surface area is 168 Å². The van der Waals surface area contributed by atoms with E-state index in [9.17, 15) is 9.59 Å². The van der Waals surface area contributed by atoms with Crippen molar-refractivity contribution in [2.24, 2.45) is 13.0 Å². The molecule has 8 nitrogen and oxygen atoms in total. The topological polar surface area (TPSA) is 101 Å². The molecule has 4 rings (SSSR count). The van der Waals surface area contributed by atoms with Crippen LogP contribution in [-0.4, -0.2) is 61.1 Å². The second-order valence-electron chi connectivity index (χ2n) is 7.55. The summed E-state index contributed by atoms with van der Waals surface area (Å²) in [6.45, 7) is 1.31. The minimum atomic E-state index is -0.829. The number of hydrogen-bond acceptors (Lipinski definition) is 6. The molecule has 1 fully saturated rings. The monoisotopic (exact) mass is 393 g/mol. The first-order chi connectivity index (χ1) is 14.0. The summed E-state index contributed by atoms with van der Waals surface area (Å²) in [6, 6.07) is 5.98. The Balaban J connectivity index is 1.45. The number of likely N-dealkylation sites (tertiary alicyclic amines) is 1. The van der Waals surface area contributed by atoms with E-state index in [-0.39, 0.29) is 24.7 Å². The van der Waals surface area contributed by atoms with Crippen LogP contribution in [0.15, 0.2) is 36.8 Å². The largest absolute Gasteiger partial charge is 0.480 e. The zero-order valence-electron chi connectivity index (χ0n) is 16.3. The molecule has 0 radical (unpaired) electrons. The number of aliphatic carboxylic acids is 1. The predicted molar refractivity (Wildman–Crippen MR) is 107 cm³/mol. The van der Waals surface area contributed by atoms with E-state index in [1.807, 2.05) is 42.5 Å². The van der Waals surface area contributed by atoms with Crippen LogP contribution >= 0.6 is 0 Å². The highest BCUT2D eigenvalue weighted by Gasteiger charge is 2.26. The van der Waals surface area contributed by atoms with Crippen LogP contribution in [0.2, 0.25) is 0 Å². The third-order valence-corrected chi connectivity index (χ3v) is 5.40. The Kier molecular flexibility index (Phi) is 5.35. The normalized spacial score (nSPS) is 15.6. The Morgan fingerprint density at radius 2 is 1.97 bits per heavy atom. The average molecular weight is 393 g/mol. The van der Waals surface area contributed by atoms with Gasteiger partial charge in [-0.1, -0.05) is 12.1 Å². The van der Waals surface area contributed by atoms with E-state index in [2.05, 4.69) is 15.1 Å². The number of nitrogens with zero attached hydrogens (tertiary/aromatic N) is 5. The van der Waals surface area contributed by atoms with Crippen molar-refractivity contribution < 1.29 is 14.7 Å². The standard InChI is InChI=1S/C21H23N5O3/c1-25-12-17(11-23-25)15-2-3-16-10-22-20(24-18(16)8-15)9-19(27)14-4-6-26(7-5-14)13-21(28)29/h2-3,8,10-12,14H,4-7,9,13H2,1H3,(H,28,29). The molecule has 2 aromatic heterocycles. The molecule has 29 heavy (non-hydrogen) atoms. The smallest absolute Gasteiger partial charge is 0.317 e. The van der Waals surface area contributed by atoms with Gasteiger partial charge in [-0.25, -0.2) is 9.97 Å². The van der Waals surface area contributed by atoms with Gasteiger partial charge in [-0.3, -0.25) is 19.2 Å². The molecule has 8 heteroatoms. The minimum absolute atomic E-state index is 0.0357. The van der Waals surface area contributed by atoms with Crippen LogP contribution < -0.4 is 0 Å². The second kappa shape index (κ2) is 8.08. The van der Waals surface area contributed by atoms with Crippen molar-refractivity contribution in [2.45, 2.75) is 19.3 Å². The average Bonchev–Trinajstić information content (AvgIpc) is 3.14. The predicted octanol–water partition coefficient (Wildman–Crippen LogP) is 1.94. The van der Waals surface area contributed by atoms with Gasteiger partial charge in [0.1, 0.15) is 11.6 Å². The van der Waals surface area contributed by atoms with E-state index < -0.39 is 5.97 Å². The van der Waals surface area contributed by atoms with E-state index >= 15 is 0 Å². The second-order valence-corrected chi connectivity index (χ2v) is 7.55. The number of benzene rings is 1. The zero-order valence-corrected chi connectivity index (χ0v) is 16.3. The molecular formula is C21H23N5O3. The SMILES string of the molecule is Cn1cc(-c2ccc3cnc(CC(=O)C4CCN(CC(=O)O)CC4)nc3c2)cn1. The van der Waals surface area contributed by atoms with Crippen LogP contribution in [-0.2, 0) is 23.1 Å².